The minimum Gasteiger partial charge on any atom is -0.412 e. The maximum absolute atomic E-state index is 10.6. The van der Waals surface area contributed by atoms with Crippen molar-refractivity contribution in [3.63, 3.8) is 0 Å². The van der Waals surface area contributed by atoms with E-state index >= 15 is 0 Å². The van der Waals surface area contributed by atoms with Crippen LogP contribution in [0.1, 0.15) is 5.56 Å². The van der Waals surface area contributed by atoms with Gasteiger partial charge in [0.1, 0.15) is 16.6 Å². The number of H-pyrrole nitrogens is 1. The Kier molecular flexibility index (Phi) is 10.4. The molecule has 0 amide bonds. The van der Waals surface area contributed by atoms with E-state index in [1.165, 1.54) is 18.2 Å². The standard InChI is InChI=1S/C7H2Cl2N2O2.C7H5ClN4O2.H4N2.H2O/c8-5-1-2-6(11(12)13)7(9)4(5)3-10;8-3-1-2-4(12(13)14)6-5(3)7(9)11-10-6;1-2;/h1-2H;1-2H,(H3,9,10,11);1-2H2;1H2. The number of hydrogen-bond donors (Lipinski definition) is 4. The molecule has 16 heteroatoms. The van der Waals surface area contributed by atoms with Crippen LogP contribution >= 0.6 is 34.8 Å². The van der Waals surface area contributed by atoms with Crippen molar-refractivity contribution in [2.75, 3.05) is 5.73 Å². The Labute approximate surface area is 182 Å². The number of hydrogen-bond acceptors (Lipinski definition) is 9. The average molecular weight is 480 g/mol. The number of nitrogens with two attached hydrogens (primary N) is 3. The molecule has 0 aliphatic carbocycles. The molecular formula is C14H13Cl3N8O5. The number of nitrogens with one attached hydrogen (secondary N) is 1. The molecule has 160 valence electrons. The summed E-state index contributed by atoms with van der Waals surface area (Å²) in [5.41, 5.74) is 5.27. The number of nitro benzene ring substituents is 2. The highest BCUT2D eigenvalue weighted by atomic mass is 35.5. The van der Waals surface area contributed by atoms with Gasteiger partial charge in [0, 0.05) is 12.1 Å². The number of halogens is 3. The number of nitriles is 1. The number of benzene rings is 2. The lowest BCUT2D eigenvalue weighted by molar-refractivity contribution is -0.384. The van der Waals surface area contributed by atoms with Crippen molar-refractivity contribution >= 4 is 62.9 Å². The highest BCUT2D eigenvalue weighted by molar-refractivity contribution is 6.38. The Bertz CT molecular complexity index is 1120. The summed E-state index contributed by atoms with van der Waals surface area (Å²) in [5.74, 6) is 8.16. The predicted molar refractivity (Wildman–Crippen MR) is 112 cm³/mol. The van der Waals surface area contributed by atoms with Crippen molar-refractivity contribution in [1.82, 2.24) is 10.2 Å². The topological polar surface area (TPSA) is 248 Å². The Morgan fingerprint density at radius 2 is 1.50 bits per heavy atom. The monoisotopic (exact) mass is 478 g/mol. The van der Waals surface area contributed by atoms with Crippen LogP contribution in [0.4, 0.5) is 17.2 Å². The summed E-state index contributed by atoms with van der Waals surface area (Å²) in [6, 6.07) is 6.85. The number of nitrogens with zero attached hydrogens (tertiary/aromatic N) is 4. The van der Waals surface area contributed by atoms with Gasteiger partial charge in [-0.2, -0.15) is 10.4 Å². The van der Waals surface area contributed by atoms with Gasteiger partial charge in [-0.15, -0.1) is 0 Å². The highest BCUT2D eigenvalue weighted by Gasteiger charge is 2.18. The van der Waals surface area contributed by atoms with Crippen LogP contribution in [-0.4, -0.2) is 25.5 Å². The molecule has 0 atom stereocenters. The molecule has 0 unspecified atom stereocenters. The Morgan fingerprint density at radius 3 is 2.00 bits per heavy atom. The third-order valence-corrected chi connectivity index (χ3v) is 4.27. The van der Waals surface area contributed by atoms with Crippen LogP contribution in [0, 0.1) is 31.6 Å². The lowest BCUT2D eigenvalue weighted by atomic mass is 10.2. The van der Waals surface area contributed by atoms with E-state index in [2.05, 4.69) is 21.9 Å². The minimum atomic E-state index is -0.667. The van der Waals surface area contributed by atoms with E-state index in [4.69, 9.17) is 45.8 Å². The van der Waals surface area contributed by atoms with Gasteiger partial charge >= 0.3 is 0 Å². The molecule has 0 spiro atoms. The molecule has 0 saturated heterocycles. The van der Waals surface area contributed by atoms with E-state index in [9.17, 15) is 20.2 Å². The molecule has 0 fully saturated rings. The average Bonchev–Trinajstić information content (AvgIpc) is 3.06. The second-order valence-electron chi connectivity index (χ2n) is 4.81. The van der Waals surface area contributed by atoms with E-state index in [1.54, 1.807) is 6.07 Å². The summed E-state index contributed by atoms with van der Waals surface area (Å²) in [6.45, 7) is 0. The van der Waals surface area contributed by atoms with Crippen LogP contribution in [0.2, 0.25) is 15.1 Å². The van der Waals surface area contributed by atoms with Crippen molar-refractivity contribution < 1.29 is 15.3 Å². The molecule has 0 saturated carbocycles. The van der Waals surface area contributed by atoms with Crippen molar-refractivity contribution in [1.29, 1.82) is 5.26 Å². The zero-order valence-corrected chi connectivity index (χ0v) is 16.9. The van der Waals surface area contributed by atoms with Gasteiger partial charge in [-0.25, -0.2) is 0 Å². The van der Waals surface area contributed by atoms with Crippen LogP contribution in [0.5, 0.6) is 0 Å². The van der Waals surface area contributed by atoms with Crippen LogP contribution in [0.15, 0.2) is 24.3 Å². The number of anilines is 1. The summed E-state index contributed by atoms with van der Waals surface area (Å²) in [4.78, 5) is 19.8. The molecule has 1 aromatic heterocycles. The van der Waals surface area contributed by atoms with Gasteiger partial charge in [0.05, 0.1) is 30.8 Å². The molecule has 0 aliphatic heterocycles. The number of fused-ring (bicyclic) bond motifs is 1. The maximum Gasteiger partial charge on any atom is 0.295 e. The first-order valence-corrected chi connectivity index (χ1v) is 8.24. The Balaban J connectivity index is 0.000000504. The number of nitro groups is 2. The van der Waals surface area contributed by atoms with Gasteiger partial charge in [-0.3, -0.25) is 37.0 Å². The molecule has 3 aromatic rings. The van der Waals surface area contributed by atoms with Crippen molar-refractivity contribution in [2.24, 2.45) is 11.7 Å². The first-order chi connectivity index (χ1) is 13.7. The van der Waals surface area contributed by atoms with Gasteiger partial charge < -0.3 is 11.2 Å². The number of nitrogen functional groups attached to an aromatic ring is 1. The largest absolute Gasteiger partial charge is 0.412 e. The van der Waals surface area contributed by atoms with E-state index in [0.717, 1.165) is 6.07 Å². The fraction of sp³-hybridized carbons (Fsp3) is 0. The SMILES string of the molecule is N#Cc1c(Cl)ccc([N+](=O)[O-])c1Cl.NN.Nc1n[nH]c2c([N+](=O)[O-])ccc(Cl)c12.O. The Hall–Kier alpha value is -3.25. The molecule has 0 radical (unpaired) electrons. The minimum absolute atomic E-state index is 0. The molecule has 30 heavy (non-hydrogen) atoms. The number of rotatable bonds is 2. The first kappa shape index (κ1) is 26.8. The summed E-state index contributed by atoms with van der Waals surface area (Å²) < 4.78 is 0. The van der Waals surface area contributed by atoms with Gasteiger partial charge in [-0.05, 0) is 12.1 Å². The molecular weight excluding hydrogens is 467 g/mol. The normalized spacial score (nSPS) is 9.20. The van der Waals surface area contributed by atoms with Gasteiger partial charge in [-0.1, -0.05) is 34.8 Å². The van der Waals surface area contributed by atoms with Gasteiger partial charge in [0.25, 0.3) is 11.4 Å². The zero-order valence-electron chi connectivity index (χ0n) is 14.6. The lowest BCUT2D eigenvalue weighted by Gasteiger charge is -1.98. The van der Waals surface area contributed by atoms with Gasteiger partial charge in [0.2, 0.25) is 0 Å². The van der Waals surface area contributed by atoms with E-state index in [0.29, 0.717) is 10.4 Å². The van der Waals surface area contributed by atoms with Crippen LogP contribution in [0.3, 0.4) is 0 Å². The summed E-state index contributed by atoms with van der Waals surface area (Å²) in [7, 11) is 0. The third-order valence-electron chi connectivity index (χ3n) is 3.25. The summed E-state index contributed by atoms with van der Waals surface area (Å²) >= 11 is 17.0. The van der Waals surface area contributed by atoms with Crippen LogP contribution < -0.4 is 17.4 Å². The Morgan fingerprint density at radius 1 is 1.00 bits per heavy atom. The zero-order chi connectivity index (χ0) is 22.3. The molecule has 0 aliphatic rings. The van der Waals surface area contributed by atoms with Crippen LogP contribution in [-0.2, 0) is 0 Å². The molecule has 2 aromatic carbocycles. The third kappa shape index (κ3) is 5.64. The van der Waals surface area contributed by atoms with Gasteiger partial charge in [0.15, 0.2) is 5.82 Å². The summed E-state index contributed by atoms with van der Waals surface area (Å²) in [6.07, 6.45) is 0. The number of hydrazine groups is 1. The fourth-order valence-corrected chi connectivity index (χ4v) is 2.82. The van der Waals surface area contributed by atoms with E-state index in [-0.39, 0.29) is 43.8 Å². The van der Waals surface area contributed by atoms with Crippen molar-refractivity contribution in [3.8, 4) is 6.07 Å². The lowest BCUT2D eigenvalue weighted by Crippen LogP contribution is -2.02. The first-order valence-electron chi connectivity index (χ1n) is 7.11. The van der Waals surface area contributed by atoms with Crippen LogP contribution in [0.25, 0.3) is 10.9 Å². The molecule has 1 heterocycles. The molecule has 13 nitrogen and oxygen atoms in total. The smallest absolute Gasteiger partial charge is 0.295 e. The quantitative estimate of drug-likeness (QED) is 0.239. The summed E-state index contributed by atoms with van der Waals surface area (Å²) in [5, 5.41) is 36.3. The van der Waals surface area contributed by atoms with Crippen molar-refractivity contribution in [3.05, 3.63) is 65.1 Å². The maximum atomic E-state index is 10.6. The molecule has 3 rings (SSSR count). The van der Waals surface area contributed by atoms with E-state index < -0.39 is 9.85 Å². The predicted octanol–water partition coefficient (Wildman–Crippen LogP) is 2.47. The number of aromatic amines is 1. The highest BCUT2D eigenvalue weighted by Crippen LogP contribution is 2.33. The molecule has 0 bridgehead atoms. The fourth-order valence-electron chi connectivity index (χ4n) is 2.04. The number of non-ortho nitro benzene ring substituents is 1. The second kappa shape index (κ2) is 11.7. The molecule has 9 N–H and O–H groups in total. The van der Waals surface area contributed by atoms with E-state index in [1.807, 2.05) is 0 Å². The number of aromatic nitrogens is 2. The van der Waals surface area contributed by atoms with Crippen molar-refractivity contribution in [2.45, 2.75) is 0 Å². The second-order valence-corrected chi connectivity index (χ2v) is 6.00.